The molecule has 0 aliphatic carbocycles. The van der Waals surface area contributed by atoms with Crippen LogP contribution in [0.15, 0.2) is 24.5 Å². The fourth-order valence-corrected chi connectivity index (χ4v) is 2.43. The van der Waals surface area contributed by atoms with Crippen molar-refractivity contribution in [2.24, 2.45) is 0 Å². The molecule has 0 fully saturated rings. The van der Waals surface area contributed by atoms with Crippen LogP contribution >= 0.6 is 0 Å². The molecular weight excluding hydrogens is 268 g/mol. The monoisotopic (exact) mass is 286 g/mol. The number of aromatic nitrogens is 3. The first-order valence-electron chi connectivity index (χ1n) is 6.87. The molecule has 110 valence electrons. The normalized spacial score (nSPS) is 14.7. The maximum atomic E-state index is 12.2. The first kappa shape index (κ1) is 13.6. The van der Waals surface area contributed by atoms with Crippen molar-refractivity contribution in [2.45, 2.75) is 20.0 Å². The zero-order valence-corrected chi connectivity index (χ0v) is 11.9. The Labute approximate surface area is 122 Å². The van der Waals surface area contributed by atoms with Gasteiger partial charge in [0.1, 0.15) is 12.2 Å². The molecule has 1 aromatic heterocycles. The summed E-state index contributed by atoms with van der Waals surface area (Å²) in [4.78, 5) is 14.2. The Morgan fingerprint density at radius 3 is 3.14 bits per heavy atom. The Kier molecular flexibility index (Phi) is 3.57. The van der Waals surface area contributed by atoms with Gasteiger partial charge in [0.15, 0.2) is 0 Å². The number of nitrogens with one attached hydrogen (secondary N) is 1. The van der Waals surface area contributed by atoms with Gasteiger partial charge >= 0.3 is 0 Å². The molecule has 0 spiro atoms. The van der Waals surface area contributed by atoms with Crippen LogP contribution in [-0.2, 0) is 17.9 Å². The maximum Gasteiger partial charge on any atom is 0.238 e. The molecule has 2 aromatic rings. The molecule has 0 saturated heterocycles. The molecule has 3 rings (SSSR count). The fourth-order valence-electron chi connectivity index (χ4n) is 2.43. The van der Waals surface area contributed by atoms with E-state index in [2.05, 4.69) is 20.4 Å². The lowest BCUT2D eigenvalue weighted by Gasteiger charge is -2.26. The van der Waals surface area contributed by atoms with Crippen molar-refractivity contribution < 1.29 is 4.79 Å². The van der Waals surface area contributed by atoms with Crippen LogP contribution in [0, 0.1) is 6.92 Å². The SMILES string of the molecule is Cc1c(N)cccc1NC(=O)CN1CCn2cnnc2C1. The van der Waals surface area contributed by atoms with Gasteiger partial charge in [0.25, 0.3) is 0 Å². The van der Waals surface area contributed by atoms with E-state index in [1.54, 1.807) is 6.33 Å². The highest BCUT2D eigenvalue weighted by Gasteiger charge is 2.19. The van der Waals surface area contributed by atoms with Crippen LogP contribution in [0.4, 0.5) is 11.4 Å². The molecule has 7 nitrogen and oxygen atoms in total. The van der Waals surface area contributed by atoms with E-state index in [-0.39, 0.29) is 5.91 Å². The van der Waals surface area contributed by atoms with Crippen LogP contribution < -0.4 is 11.1 Å². The Morgan fingerprint density at radius 1 is 1.43 bits per heavy atom. The van der Waals surface area contributed by atoms with Crippen molar-refractivity contribution in [3.63, 3.8) is 0 Å². The van der Waals surface area contributed by atoms with Gasteiger partial charge in [-0.1, -0.05) is 6.07 Å². The second-order valence-corrected chi connectivity index (χ2v) is 5.22. The minimum atomic E-state index is -0.0448. The van der Waals surface area contributed by atoms with Crippen molar-refractivity contribution in [3.8, 4) is 0 Å². The number of nitrogens with zero attached hydrogens (tertiary/aromatic N) is 4. The third-order valence-electron chi connectivity index (χ3n) is 3.73. The summed E-state index contributed by atoms with van der Waals surface area (Å²) in [6, 6.07) is 5.51. The predicted molar refractivity (Wildman–Crippen MR) is 79.5 cm³/mol. The molecule has 1 aliphatic heterocycles. The largest absolute Gasteiger partial charge is 0.398 e. The van der Waals surface area contributed by atoms with E-state index in [4.69, 9.17) is 5.73 Å². The Balaban J connectivity index is 1.61. The number of anilines is 2. The van der Waals surface area contributed by atoms with Gasteiger partial charge in [-0.05, 0) is 24.6 Å². The molecule has 2 heterocycles. The summed E-state index contributed by atoms with van der Waals surface area (Å²) in [7, 11) is 0. The van der Waals surface area contributed by atoms with Crippen molar-refractivity contribution in [1.82, 2.24) is 19.7 Å². The third kappa shape index (κ3) is 2.87. The van der Waals surface area contributed by atoms with E-state index in [0.29, 0.717) is 18.8 Å². The average Bonchev–Trinajstić information content (AvgIpc) is 2.91. The van der Waals surface area contributed by atoms with Gasteiger partial charge in [-0.3, -0.25) is 9.69 Å². The van der Waals surface area contributed by atoms with Crippen LogP contribution in [0.3, 0.4) is 0 Å². The minimum Gasteiger partial charge on any atom is -0.398 e. The number of nitrogen functional groups attached to an aromatic ring is 1. The zero-order chi connectivity index (χ0) is 14.8. The van der Waals surface area contributed by atoms with Gasteiger partial charge in [0.05, 0.1) is 13.1 Å². The number of fused-ring (bicyclic) bond motifs is 1. The third-order valence-corrected chi connectivity index (χ3v) is 3.73. The topological polar surface area (TPSA) is 89.1 Å². The number of amides is 1. The molecule has 0 radical (unpaired) electrons. The van der Waals surface area contributed by atoms with Crippen LogP contribution in [0.25, 0.3) is 0 Å². The fraction of sp³-hybridized carbons (Fsp3) is 0.357. The average molecular weight is 286 g/mol. The molecule has 0 bridgehead atoms. The molecule has 7 heteroatoms. The number of hydrogen-bond donors (Lipinski definition) is 2. The quantitative estimate of drug-likeness (QED) is 0.808. The highest BCUT2D eigenvalue weighted by atomic mass is 16.2. The summed E-state index contributed by atoms with van der Waals surface area (Å²) >= 11 is 0. The van der Waals surface area contributed by atoms with Gasteiger partial charge in [0, 0.05) is 24.5 Å². The van der Waals surface area contributed by atoms with Gasteiger partial charge in [-0.25, -0.2) is 0 Å². The number of benzene rings is 1. The van der Waals surface area contributed by atoms with Crippen molar-refractivity contribution >= 4 is 17.3 Å². The Hall–Kier alpha value is -2.41. The maximum absolute atomic E-state index is 12.2. The molecule has 0 saturated carbocycles. The van der Waals surface area contributed by atoms with E-state index in [1.165, 1.54) is 0 Å². The van der Waals surface area contributed by atoms with Gasteiger partial charge < -0.3 is 15.6 Å². The van der Waals surface area contributed by atoms with Gasteiger partial charge in [-0.15, -0.1) is 10.2 Å². The van der Waals surface area contributed by atoms with E-state index >= 15 is 0 Å². The Bertz CT molecular complexity index is 665. The Morgan fingerprint density at radius 2 is 2.29 bits per heavy atom. The lowest BCUT2D eigenvalue weighted by molar-refractivity contribution is -0.117. The van der Waals surface area contributed by atoms with Crippen LogP contribution in [-0.4, -0.2) is 38.7 Å². The zero-order valence-electron chi connectivity index (χ0n) is 11.9. The summed E-state index contributed by atoms with van der Waals surface area (Å²) in [5.41, 5.74) is 8.18. The highest BCUT2D eigenvalue weighted by molar-refractivity contribution is 5.93. The first-order valence-corrected chi connectivity index (χ1v) is 6.87. The van der Waals surface area contributed by atoms with E-state index in [9.17, 15) is 4.79 Å². The number of carbonyl (C=O) groups excluding carboxylic acids is 1. The lowest BCUT2D eigenvalue weighted by atomic mass is 10.1. The lowest BCUT2D eigenvalue weighted by Crippen LogP contribution is -2.39. The molecule has 3 N–H and O–H groups in total. The van der Waals surface area contributed by atoms with Crippen LogP contribution in [0.5, 0.6) is 0 Å². The smallest absolute Gasteiger partial charge is 0.238 e. The molecular formula is C14H18N6O. The molecule has 1 amide bonds. The van der Waals surface area contributed by atoms with Crippen LogP contribution in [0.2, 0.25) is 0 Å². The van der Waals surface area contributed by atoms with E-state index < -0.39 is 0 Å². The van der Waals surface area contributed by atoms with Crippen LogP contribution in [0.1, 0.15) is 11.4 Å². The summed E-state index contributed by atoms with van der Waals surface area (Å²) < 4.78 is 2.01. The summed E-state index contributed by atoms with van der Waals surface area (Å²) in [5.74, 6) is 0.853. The van der Waals surface area contributed by atoms with Crippen molar-refractivity contribution in [3.05, 3.63) is 35.9 Å². The predicted octanol–water partition coefficient (Wildman–Crippen LogP) is 0.623. The van der Waals surface area contributed by atoms with E-state index in [1.807, 2.05) is 29.7 Å². The molecule has 1 aromatic carbocycles. The van der Waals surface area contributed by atoms with E-state index in [0.717, 1.165) is 30.2 Å². The second kappa shape index (κ2) is 5.53. The van der Waals surface area contributed by atoms with Crippen molar-refractivity contribution in [2.75, 3.05) is 24.1 Å². The standard InChI is InChI=1S/C14H18N6O/c1-10-11(15)3-2-4-12(10)17-14(21)8-19-5-6-20-9-16-18-13(20)7-19/h2-4,9H,5-8,15H2,1H3,(H,17,21). The number of hydrogen-bond acceptors (Lipinski definition) is 5. The second-order valence-electron chi connectivity index (χ2n) is 5.22. The first-order chi connectivity index (χ1) is 10.1. The molecule has 0 unspecified atom stereocenters. The summed E-state index contributed by atoms with van der Waals surface area (Å²) in [6.07, 6.45) is 1.73. The number of rotatable bonds is 3. The summed E-state index contributed by atoms with van der Waals surface area (Å²) in [6.45, 7) is 4.50. The van der Waals surface area contributed by atoms with Gasteiger partial charge in [-0.2, -0.15) is 0 Å². The summed E-state index contributed by atoms with van der Waals surface area (Å²) in [5, 5.41) is 10.8. The van der Waals surface area contributed by atoms with Crippen molar-refractivity contribution in [1.29, 1.82) is 0 Å². The molecule has 1 aliphatic rings. The molecule has 0 atom stereocenters. The van der Waals surface area contributed by atoms with Gasteiger partial charge in [0.2, 0.25) is 5.91 Å². The number of carbonyl (C=O) groups is 1. The minimum absolute atomic E-state index is 0.0448. The number of nitrogens with two attached hydrogens (primary N) is 1. The highest BCUT2D eigenvalue weighted by Crippen LogP contribution is 2.20. The molecule has 21 heavy (non-hydrogen) atoms.